The largest absolute Gasteiger partial charge is 0.326 e. The zero-order chi connectivity index (χ0) is 16.3. The lowest BCUT2D eigenvalue weighted by Gasteiger charge is -2.08. The fourth-order valence-electron chi connectivity index (χ4n) is 1.55. The van der Waals surface area contributed by atoms with E-state index in [1.165, 1.54) is 30.3 Å². The first-order valence-electron chi connectivity index (χ1n) is 5.89. The molecule has 0 heterocycles. The number of rotatable bonds is 2. The van der Waals surface area contributed by atoms with Crippen LogP contribution < -0.4 is 10.6 Å². The number of nitrogens with one attached hydrogen (secondary N) is 2. The molecule has 0 spiro atoms. The van der Waals surface area contributed by atoms with Gasteiger partial charge in [0, 0.05) is 11.3 Å². The lowest BCUT2D eigenvalue weighted by Crippen LogP contribution is -2.34. The number of benzene rings is 2. The van der Waals surface area contributed by atoms with Crippen molar-refractivity contribution >= 4 is 64.0 Å². The van der Waals surface area contributed by atoms with Crippen LogP contribution in [0.5, 0.6) is 0 Å². The van der Waals surface area contributed by atoms with Crippen molar-refractivity contribution in [3.63, 3.8) is 0 Å². The third-order valence-corrected chi connectivity index (χ3v) is 4.06. The van der Waals surface area contributed by atoms with Crippen LogP contribution >= 0.6 is 46.4 Å². The molecule has 3 amide bonds. The van der Waals surface area contributed by atoms with Gasteiger partial charge in [-0.25, -0.2) is 4.79 Å². The molecule has 0 aliphatic carbocycles. The van der Waals surface area contributed by atoms with Crippen molar-refractivity contribution < 1.29 is 9.59 Å². The number of anilines is 1. The number of amides is 3. The number of imide groups is 1. The minimum Gasteiger partial charge on any atom is -0.308 e. The third kappa shape index (κ3) is 4.27. The molecule has 0 fully saturated rings. The summed E-state index contributed by atoms with van der Waals surface area (Å²) >= 11 is 23.2. The molecule has 8 heteroatoms. The molecular weight excluding hydrogens is 370 g/mol. The van der Waals surface area contributed by atoms with Crippen LogP contribution in [0.1, 0.15) is 10.4 Å². The Morgan fingerprint density at radius 3 is 1.95 bits per heavy atom. The van der Waals surface area contributed by atoms with Crippen LogP contribution in [-0.2, 0) is 0 Å². The monoisotopic (exact) mass is 376 g/mol. The van der Waals surface area contributed by atoms with E-state index in [9.17, 15) is 9.59 Å². The van der Waals surface area contributed by atoms with E-state index in [4.69, 9.17) is 46.4 Å². The van der Waals surface area contributed by atoms with Gasteiger partial charge in [-0.05, 0) is 36.4 Å². The first-order valence-corrected chi connectivity index (χ1v) is 7.40. The summed E-state index contributed by atoms with van der Waals surface area (Å²) in [5.74, 6) is -0.615. The Balaban J connectivity index is 2.03. The maximum atomic E-state index is 11.9. The Labute approximate surface area is 146 Å². The summed E-state index contributed by atoms with van der Waals surface area (Å²) in [5, 5.41) is 5.81. The van der Waals surface area contributed by atoms with Crippen molar-refractivity contribution in [3.8, 4) is 0 Å². The average Bonchev–Trinajstić information content (AvgIpc) is 2.45. The summed E-state index contributed by atoms with van der Waals surface area (Å²) in [5.41, 5.74) is 0.604. The van der Waals surface area contributed by atoms with Crippen LogP contribution in [0.3, 0.4) is 0 Å². The highest BCUT2D eigenvalue weighted by Crippen LogP contribution is 2.25. The molecule has 0 aliphatic heterocycles. The SMILES string of the molecule is O=C(NC(=O)c1ccc(Cl)c(Cl)c1)Nc1ccc(Cl)c(Cl)c1. The zero-order valence-corrected chi connectivity index (χ0v) is 13.8. The van der Waals surface area contributed by atoms with Gasteiger partial charge in [0.1, 0.15) is 0 Å². The Bertz CT molecular complexity index is 750. The maximum absolute atomic E-state index is 11.9. The molecule has 0 aliphatic rings. The van der Waals surface area contributed by atoms with Gasteiger partial charge in [-0.1, -0.05) is 46.4 Å². The summed E-state index contributed by atoms with van der Waals surface area (Å²) in [4.78, 5) is 23.7. The molecule has 0 radical (unpaired) electrons. The van der Waals surface area contributed by atoms with Crippen LogP contribution in [-0.4, -0.2) is 11.9 Å². The van der Waals surface area contributed by atoms with Crippen LogP contribution in [0, 0.1) is 0 Å². The Morgan fingerprint density at radius 2 is 1.36 bits per heavy atom. The number of hydrogen-bond donors (Lipinski definition) is 2. The first kappa shape index (κ1) is 16.9. The Hall–Kier alpha value is -1.46. The van der Waals surface area contributed by atoms with Crippen LogP contribution in [0.15, 0.2) is 36.4 Å². The van der Waals surface area contributed by atoms with E-state index in [0.29, 0.717) is 15.7 Å². The van der Waals surface area contributed by atoms with Gasteiger partial charge in [-0.2, -0.15) is 0 Å². The van der Waals surface area contributed by atoms with Gasteiger partial charge >= 0.3 is 6.03 Å². The highest BCUT2D eigenvalue weighted by molar-refractivity contribution is 6.42. The molecule has 2 rings (SSSR count). The van der Waals surface area contributed by atoms with E-state index in [-0.39, 0.29) is 15.6 Å². The number of urea groups is 1. The molecule has 0 unspecified atom stereocenters. The lowest BCUT2D eigenvalue weighted by molar-refractivity contribution is 0.0967. The molecule has 0 bridgehead atoms. The second-order valence-electron chi connectivity index (χ2n) is 4.17. The van der Waals surface area contributed by atoms with Crippen molar-refractivity contribution in [1.82, 2.24) is 5.32 Å². The quantitative estimate of drug-likeness (QED) is 0.749. The fourth-order valence-corrected chi connectivity index (χ4v) is 2.15. The van der Waals surface area contributed by atoms with E-state index >= 15 is 0 Å². The van der Waals surface area contributed by atoms with Gasteiger partial charge in [0.15, 0.2) is 0 Å². The van der Waals surface area contributed by atoms with Crippen molar-refractivity contribution in [1.29, 1.82) is 0 Å². The van der Waals surface area contributed by atoms with E-state index < -0.39 is 11.9 Å². The van der Waals surface area contributed by atoms with E-state index in [0.717, 1.165) is 0 Å². The van der Waals surface area contributed by atoms with Gasteiger partial charge < -0.3 is 5.32 Å². The smallest absolute Gasteiger partial charge is 0.308 e. The van der Waals surface area contributed by atoms with Crippen molar-refractivity contribution in [2.24, 2.45) is 0 Å². The van der Waals surface area contributed by atoms with Crippen molar-refractivity contribution in [2.45, 2.75) is 0 Å². The number of halogens is 4. The van der Waals surface area contributed by atoms with Gasteiger partial charge in [-0.15, -0.1) is 0 Å². The topological polar surface area (TPSA) is 58.2 Å². The minimum atomic E-state index is -0.713. The minimum absolute atomic E-state index is 0.207. The highest BCUT2D eigenvalue weighted by Gasteiger charge is 2.12. The predicted molar refractivity (Wildman–Crippen MR) is 89.4 cm³/mol. The van der Waals surface area contributed by atoms with Crippen molar-refractivity contribution in [3.05, 3.63) is 62.1 Å². The van der Waals surface area contributed by atoms with Crippen molar-refractivity contribution in [2.75, 3.05) is 5.32 Å². The standard InChI is InChI=1S/C14H8Cl4N2O2/c15-9-3-1-7(5-11(9)17)13(21)20-14(22)19-8-2-4-10(16)12(18)6-8/h1-6H,(H2,19,20,21,22). The fraction of sp³-hybridized carbons (Fsp3) is 0. The molecule has 2 aromatic carbocycles. The lowest BCUT2D eigenvalue weighted by atomic mass is 10.2. The normalized spacial score (nSPS) is 10.2. The van der Waals surface area contributed by atoms with E-state index in [1.54, 1.807) is 6.07 Å². The van der Waals surface area contributed by atoms with Gasteiger partial charge in [0.05, 0.1) is 20.1 Å². The average molecular weight is 378 g/mol. The summed E-state index contributed by atoms with van der Waals surface area (Å²) < 4.78 is 0. The number of carbonyl (C=O) groups excluding carboxylic acids is 2. The van der Waals surface area contributed by atoms with Crippen LogP contribution in [0.2, 0.25) is 20.1 Å². The Kier molecular flexibility index (Phi) is 5.53. The zero-order valence-electron chi connectivity index (χ0n) is 10.8. The molecule has 2 N–H and O–H groups in total. The van der Waals surface area contributed by atoms with Gasteiger partial charge in [0.2, 0.25) is 0 Å². The summed E-state index contributed by atoms with van der Waals surface area (Å²) in [6.07, 6.45) is 0. The summed E-state index contributed by atoms with van der Waals surface area (Å²) in [6.45, 7) is 0. The molecule has 0 aromatic heterocycles. The second kappa shape index (κ2) is 7.20. The van der Waals surface area contributed by atoms with Crippen LogP contribution in [0.25, 0.3) is 0 Å². The molecule has 0 saturated heterocycles. The number of carbonyl (C=O) groups is 2. The predicted octanol–water partition coefficient (Wildman–Crippen LogP) is 5.26. The summed E-state index contributed by atoms with van der Waals surface area (Å²) in [7, 11) is 0. The Morgan fingerprint density at radius 1 is 0.773 bits per heavy atom. The van der Waals surface area contributed by atoms with Gasteiger partial charge in [-0.3, -0.25) is 10.1 Å². The number of hydrogen-bond acceptors (Lipinski definition) is 2. The second-order valence-corrected chi connectivity index (χ2v) is 5.79. The van der Waals surface area contributed by atoms with E-state index in [2.05, 4.69) is 10.6 Å². The molecule has 0 atom stereocenters. The third-order valence-electron chi connectivity index (χ3n) is 2.59. The molecule has 22 heavy (non-hydrogen) atoms. The van der Waals surface area contributed by atoms with Crippen LogP contribution in [0.4, 0.5) is 10.5 Å². The molecule has 0 saturated carbocycles. The molecule has 4 nitrogen and oxygen atoms in total. The maximum Gasteiger partial charge on any atom is 0.326 e. The van der Waals surface area contributed by atoms with E-state index in [1.807, 2.05) is 0 Å². The molecular formula is C14H8Cl4N2O2. The highest BCUT2D eigenvalue weighted by atomic mass is 35.5. The molecule has 114 valence electrons. The van der Waals surface area contributed by atoms with Gasteiger partial charge in [0.25, 0.3) is 5.91 Å². The first-order chi connectivity index (χ1) is 10.4. The summed E-state index contributed by atoms with van der Waals surface area (Å²) in [6, 6.07) is 8.12. The molecule has 2 aromatic rings.